The molecule has 0 aliphatic rings. The third-order valence-electron chi connectivity index (χ3n) is 17.2. The average Bonchev–Trinajstić information content (AvgIpc) is 3.50. The molecule has 0 radical (unpaired) electrons. The SMILES string of the molecule is CC/C=C\C/C=C\C/C=C\C/C=C\C/C=C\CCCCCCCCCCCCCCCCCCCCCCCCCC(=O)NC(CO)C(O)/C=C/CCCCCCCCCCCCCCCCCCCCCCCCCCCCCCC. The van der Waals surface area contributed by atoms with E-state index < -0.39 is 12.1 Å². The maximum absolute atomic E-state index is 12.6. The summed E-state index contributed by atoms with van der Waals surface area (Å²) in [4.78, 5) is 12.6. The molecule has 82 heavy (non-hydrogen) atoms. The van der Waals surface area contributed by atoms with E-state index in [1.165, 1.54) is 321 Å². The van der Waals surface area contributed by atoms with Crippen molar-refractivity contribution in [3.05, 3.63) is 72.9 Å². The van der Waals surface area contributed by atoms with Gasteiger partial charge in [-0.1, -0.05) is 401 Å². The van der Waals surface area contributed by atoms with Gasteiger partial charge < -0.3 is 15.5 Å². The van der Waals surface area contributed by atoms with Crippen LogP contribution in [0.1, 0.15) is 399 Å². The fourth-order valence-electron chi connectivity index (χ4n) is 11.6. The Hall–Kier alpha value is -2.17. The van der Waals surface area contributed by atoms with E-state index in [2.05, 4.69) is 79.9 Å². The molecule has 2 unspecified atom stereocenters. The molecular weight excluding hydrogens is 999 g/mol. The zero-order valence-corrected chi connectivity index (χ0v) is 55.5. The molecule has 4 nitrogen and oxygen atoms in total. The quantitative estimate of drug-likeness (QED) is 0.0420. The average molecular weight is 1150 g/mol. The molecule has 3 N–H and O–H groups in total. The molecule has 480 valence electrons. The van der Waals surface area contributed by atoms with E-state index >= 15 is 0 Å². The van der Waals surface area contributed by atoms with Crippen LogP contribution in [0.15, 0.2) is 72.9 Å². The van der Waals surface area contributed by atoms with Gasteiger partial charge in [0.25, 0.3) is 0 Å². The number of hydrogen-bond donors (Lipinski definition) is 3. The highest BCUT2D eigenvalue weighted by molar-refractivity contribution is 5.76. The molecule has 0 aliphatic heterocycles. The van der Waals surface area contributed by atoms with E-state index in [0.29, 0.717) is 6.42 Å². The predicted molar refractivity (Wildman–Crippen MR) is 368 cm³/mol. The summed E-state index contributed by atoms with van der Waals surface area (Å²) in [5, 5.41) is 23.3. The number of carbonyl (C=O) groups is 1. The normalized spacial score (nSPS) is 13.1. The molecule has 0 spiro atoms. The number of aliphatic hydroxyl groups is 2. The van der Waals surface area contributed by atoms with E-state index in [9.17, 15) is 15.0 Å². The highest BCUT2D eigenvalue weighted by atomic mass is 16.3. The van der Waals surface area contributed by atoms with Crippen molar-refractivity contribution in [2.75, 3.05) is 6.61 Å². The van der Waals surface area contributed by atoms with Crippen LogP contribution >= 0.6 is 0 Å². The Morgan fingerprint density at radius 3 is 0.805 bits per heavy atom. The lowest BCUT2D eigenvalue weighted by Gasteiger charge is -2.20. The minimum absolute atomic E-state index is 0.0566. The first-order chi connectivity index (χ1) is 40.7. The van der Waals surface area contributed by atoms with Crippen LogP contribution in [0.4, 0.5) is 0 Å². The Labute approximate surface area is 514 Å². The van der Waals surface area contributed by atoms with Crippen molar-refractivity contribution in [1.82, 2.24) is 5.32 Å². The molecule has 1 amide bonds. The Morgan fingerprint density at radius 2 is 0.537 bits per heavy atom. The standard InChI is InChI=1S/C78H145NO3/c1-3-5-7-9-11-13-15-17-19-21-23-25-27-29-31-33-35-36-37-38-39-40-41-42-44-46-48-50-52-54-56-58-60-62-64-66-68-70-72-74-78(82)79-76(75-80)77(81)73-71-69-67-65-63-61-59-57-55-53-51-49-47-45-43-34-32-30-28-26-24-22-20-18-16-14-12-10-8-6-4-2/h5,7,11,13,17,19,23,25,29,31,71,73,76-77,80-81H,3-4,6,8-10,12,14-16,18,20-22,24,26-28,30,32-70,72,74-75H2,1-2H3,(H,79,82)/b7-5-,13-11-,19-17-,25-23-,31-29-,73-71+. The third kappa shape index (κ3) is 68.6. The number of aliphatic hydroxyl groups excluding tert-OH is 2. The van der Waals surface area contributed by atoms with Crippen LogP contribution < -0.4 is 5.32 Å². The van der Waals surface area contributed by atoms with E-state index in [4.69, 9.17) is 0 Å². The summed E-state index contributed by atoms with van der Waals surface area (Å²) in [5.74, 6) is -0.0566. The first-order valence-electron chi connectivity index (χ1n) is 37.2. The fraction of sp³-hybridized carbons (Fsp3) is 0.833. The minimum atomic E-state index is -0.842. The van der Waals surface area contributed by atoms with Gasteiger partial charge in [-0.05, 0) is 64.2 Å². The fourth-order valence-corrected chi connectivity index (χ4v) is 11.6. The van der Waals surface area contributed by atoms with Crippen LogP contribution in [0.25, 0.3) is 0 Å². The lowest BCUT2D eigenvalue weighted by atomic mass is 10.0. The number of allylic oxidation sites excluding steroid dienone is 11. The van der Waals surface area contributed by atoms with E-state index in [-0.39, 0.29) is 12.5 Å². The summed E-state index contributed by atoms with van der Waals surface area (Å²) >= 11 is 0. The molecule has 0 aromatic carbocycles. The number of hydrogen-bond acceptors (Lipinski definition) is 3. The summed E-state index contributed by atoms with van der Waals surface area (Å²) < 4.78 is 0. The summed E-state index contributed by atoms with van der Waals surface area (Å²) in [7, 11) is 0. The number of unbranched alkanes of at least 4 members (excludes halogenated alkanes) is 52. The first kappa shape index (κ1) is 79.8. The van der Waals surface area contributed by atoms with Gasteiger partial charge in [-0.15, -0.1) is 0 Å². The van der Waals surface area contributed by atoms with Gasteiger partial charge >= 0.3 is 0 Å². The van der Waals surface area contributed by atoms with Gasteiger partial charge in [0.05, 0.1) is 18.8 Å². The van der Waals surface area contributed by atoms with Gasteiger partial charge in [0.1, 0.15) is 0 Å². The number of nitrogens with one attached hydrogen (secondary N) is 1. The van der Waals surface area contributed by atoms with Crippen molar-refractivity contribution in [2.45, 2.75) is 411 Å². The Morgan fingerprint density at radius 1 is 0.305 bits per heavy atom. The second-order valence-corrected chi connectivity index (χ2v) is 25.3. The molecule has 0 fully saturated rings. The monoisotopic (exact) mass is 1140 g/mol. The molecular formula is C78H145NO3. The lowest BCUT2D eigenvalue weighted by Crippen LogP contribution is -2.45. The van der Waals surface area contributed by atoms with Crippen molar-refractivity contribution in [1.29, 1.82) is 0 Å². The van der Waals surface area contributed by atoms with Crippen LogP contribution in [0.5, 0.6) is 0 Å². The highest BCUT2D eigenvalue weighted by Gasteiger charge is 2.18. The molecule has 0 aromatic heterocycles. The van der Waals surface area contributed by atoms with Crippen LogP contribution in [0.2, 0.25) is 0 Å². The van der Waals surface area contributed by atoms with Crippen LogP contribution in [0.3, 0.4) is 0 Å². The van der Waals surface area contributed by atoms with Crippen LogP contribution in [-0.2, 0) is 4.79 Å². The molecule has 0 bridgehead atoms. The maximum atomic E-state index is 12.6. The van der Waals surface area contributed by atoms with Gasteiger partial charge in [-0.25, -0.2) is 0 Å². The second kappa shape index (κ2) is 73.1. The molecule has 0 rings (SSSR count). The first-order valence-corrected chi connectivity index (χ1v) is 37.2. The van der Waals surface area contributed by atoms with Crippen molar-refractivity contribution < 1.29 is 15.0 Å². The van der Waals surface area contributed by atoms with Gasteiger partial charge in [0.15, 0.2) is 0 Å². The zero-order chi connectivity index (χ0) is 59.1. The summed E-state index contributed by atoms with van der Waals surface area (Å²) in [6, 6.07) is -0.625. The van der Waals surface area contributed by atoms with Crippen molar-refractivity contribution >= 4 is 5.91 Å². The van der Waals surface area contributed by atoms with Gasteiger partial charge in [0, 0.05) is 6.42 Å². The molecule has 0 aromatic rings. The maximum Gasteiger partial charge on any atom is 0.220 e. The van der Waals surface area contributed by atoms with Gasteiger partial charge in [-0.2, -0.15) is 0 Å². The van der Waals surface area contributed by atoms with Crippen molar-refractivity contribution in [3.8, 4) is 0 Å². The van der Waals surface area contributed by atoms with Crippen molar-refractivity contribution in [2.24, 2.45) is 0 Å². The van der Waals surface area contributed by atoms with E-state index in [0.717, 1.165) is 57.8 Å². The number of carbonyl (C=O) groups excluding carboxylic acids is 1. The van der Waals surface area contributed by atoms with Crippen LogP contribution in [-0.4, -0.2) is 34.9 Å². The summed E-state index contributed by atoms with van der Waals surface area (Å²) in [6.45, 7) is 4.24. The number of amides is 1. The predicted octanol–water partition coefficient (Wildman–Crippen LogP) is 25.6. The van der Waals surface area contributed by atoms with Crippen molar-refractivity contribution in [3.63, 3.8) is 0 Å². The van der Waals surface area contributed by atoms with Gasteiger partial charge in [0.2, 0.25) is 5.91 Å². The molecule has 0 saturated heterocycles. The number of rotatable bonds is 69. The van der Waals surface area contributed by atoms with E-state index in [1.54, 1.807) is 6.08 Å². The molecule has 2 atom stereocenters. The molecule has 0 saturated carbocycles. The molecule has 4 heteroatoms. The topological polar surface area (TPSA) is 69.6 Å². The Balaban J connectivity index is 3.42. The lowest BCUT2D eigenvalue weighted by molar-refractivity contribution is -0.123. The summed E-state index contributed by atoms with van der Waals surface area (Å²) in [5.41, 5.74) is 0. The minimum Gasteiger partial charge on any atom is -0.394 e. The molecule has 0 aliphatic carbocycles. The highest BCUT2D eigenvalue weighted by Crippen LogP contribution is 2.19. The van der Waals surface area contributed by atoms with E-state index in [1.807, 2.05) is 6.08 Å². The third-order valence-corrected chi connectivity index (χ3v) is 17.2. The van der Waals surface area contributed by atoms with Gasteiger partial charge in [-0.3, -0.25) is 4.79 Å². The van der Waals surface area contributed by atoms with Crippen LogP contribution in [0, 0.1) is 0 Å². The second-order valence-electron chi connectivity index (χ2n) is 25.3. The summed E-state index contributed by atoms with van der Waals surface area (Å²) in [6.07, 6.45) is 106. The Bertz CT molecular complexity index is 1390. The zero-order valence-electron chi connectivity index (χ0n) is 55.5. The Kier molecular flexibility index (Phi) is 71.2. The smallest absolute Gasteiger partial charge is 0.220 e. The largest absolute Gasteiger partial charge is 0.394 e. The molecule has 0 heterocycles.